The van der Waals surface area contributed by atoms with Gasteiger partial charge in [0, 0.05) is 0 Å². The van der Waals surface area contributed by atoms with E-state index in [0.29, 0.717) is 12.8 Å². The van der Waals surface area contributed by atoms with E-state index in [-0.39, 0.29) is 12.8 Å². The van der Waals surface area contributed by atoms with Gasteiger partial charge in [-0.15, -0.1) is 9.35 Å². The van der Waals surface area contributed by atoms with Crippen molar-refractivity contribution in [1.29, 1.82) is 0 Å². The van der Waals surface area contributed by atoms with Gasteiger partial charge in [0.05, 0.1) is 11.8 Å². The van der Waals surface area contributed by atoms with Gasteiger partial charge in [0.15, 0.2) is 0 Å². The van der Waals surface area contributed by atoms with Crippen LogP contribution in [0.1, 0.15) is 25.7 Å². The molecule has 0 bridgehead atoms. The predicted octanol–water partition coefficient (Wildman–Crippen LogP) is 2.85. The van der Waals surface area contributed by atoms with Crippen molar-refractivity contribution in [2.75, 3.05) is 0 Å². The number of imide groups is 1. The molecule has 2 atom stereocenters. The molecule has 0 aromatic rings. The molecule has 0 aromatic carbocycles. The van der Waals surface area contributed by atoms with Crippen LogP contribution in [0.3, 0.4) is 0 Å². The summed E-state index contributed by atoms with van der Waals surface area (Å²) in [6, 6.07) is 0. The highest BCUT2D eigenvalue weighted by Crippen LogP contribution is 2.55. The Kier molecular flexibility index (Phi) is 5.24. The first kappa shape index (κ1) is 22.7. The van der Waals surface area contributed by atoms with Gasteiger partial charge in [0.25, 0.3) is 11.8 Å². The molecular weight excluding hydrogens is 441 g/mol. The zero-order valence-electron chi connectivity index (χ0n) is 13.3. The number of amides is 2. The van der Waals surface area contributed by atoms with Crippen LogP contribution in [-0.4, -0.2) is 48.6 Å². The largest absolute Gasteiger partial charge is 0.460 e. The summed E-state index contributed by atoms with van der Waals surface area (Å²) >= 11 is 0. The maximum Gasteiger partial charge on any atom is 0.460 e. The lowest BCUT2D eigenvalue weighted by atomic mass is 9.81. The first-order valence-electron chi connectivity index (χ1n) is 7.42. The van der Waals surface area contributed by atoms with Crippen LogP contribution in [0, 0.1) is 11.8 Å². The van der Waals surface area contributed by atoms with Gasteiger partial charge in [-0.1, -0.05) is 12.8 Å². The quantitative estimate of drug-likeness (QED) is 0.475. The molecule has 0 spiro atoms. The smallest absolute Gasteiger partial charge is 0.272 e. The maximum atomic E-state index is 13.6. The number of hydrogen-bond donors (Lipinski definition) is 0. The molecule has 1 saturated heterocycles. The van der Waals surface area contributed by atoms with E-state index in [2.05, 4.69) is 4.28 Å². The van der Waals surface area contributed by atoms with Crippen molar-refractivity contribution in [3.63, 3.8) is 0 Å². The molecule has 2 rings (SSSR count). The molecule has 2 fully saturated rings. The van der Waals surface area contributed by atoms with Gasteiger partial charge < -0.3 is 0 Å². The van der Waals surface area contributed by atoms with Crippen molar-refractivity contribution < 1.29 is 61.8 Å². The van der Waals surface area contributed by atoms with E-state index in [1.807, 2.05) is 0 Å². The van der Waals surface area contributed by atoms with Gasteiger partial charge in [-0.05, 0) is 12.8 Å². The highest BCUT2D eigenvalue weighted by Gasteiger charge is 2.86. The lowest BCUT2D eigenvalue weighted by molar-refractivity contribution is -0.383. The molecule has 162 valence electrons. The minimum atomic E-state index is -7.52. The number of nitrogens with zero attached hydrogens (tertiary/aromatic N) is 1. The van der Waals surface area contributed by atoms with Gasteiger partial charge in [0.1, 0.15) is 0 Å². The van der Waals surface area contributed by atoms with E-state index >= 15 is 0 Å². The summed E-state index contributed by atoms with van der Waals surface area (Å²) in [4.78, 5) is 23.8. The Bertz CT molecular complexity index is 755. The Morgan fingerprint density at radius 1 is 0.786 bits per heavy atom. The predicted molar refractivity (Wildman–Crippen MR) is 68.2 cm³/mol. The zero-order valence-corrected chi connectivity index (χ0v) is 14.1. The first-order chi connectivity index (χ1) is 12.4. The van der Waals surface area contributed by atoms with Gasteiger partial charge in [-0.2, -0.15) is 47.9 Å². The summed E-state index contributed by atoms with van der Waals surface area (Å²) in [5, 5.41) is -7.95. The Labute approximate surface area is 150 Å². The molecule has 0 aromatic heterocycles. The van der Waals surface area contributed by atoms with Crippen LogP contribution in [0.2, 0.25) is 0 Å². The number of carbonyl (C=O) groups is 2. The Morgan fingerprint density at radius 2 is 1.18 bits per heavy atom. The van der Waals surface area contributed by atoms with Crippen LogP contribution >= 0.6 is 0 Å². The summed E-state index contributed by atoms with van der Waals surface area (Å²) in [7, 11) is -7.33. The SMILES string of the molecule is O=C1C2CCCCC2C(=O)N1OS(=O)(=O)C(F)(F)C(F)(F)C(F)(F)C(F)(F)F. The lowest BCUT2D eigenvalue weighted by Crippen LogP contribution is -2.64. The van der Waals surface area contributed by atoms with Gasteiger partial charge in [-0.3, -0.25) is 9.59 Å². The number of fused-ring (bicyclic) bond motifs is 1. The third kappa shape index (κ3) is 3.04. The molecule has 0 N–H and O–H groups in total. The fraction of sp³-hybridized carbons (Fsp3) is 0.833. The van der Waals surface area contributed by atoms with Crippen molar-refractivity contribution in [2.24, 2.45) is 11.8 Å². The molecule has 1 saturated carbocycles. The normalized spacial score (nSPS) is 25.2. The molecule has 6 nitrogen and oxygen atoms in total. The highest BCUT2D eigenvalue weighted by molar-refractivity contribution is 7.87. The van der Waals surface area contributed by atoms with Crippen molar-refractivity contribution in [3.8, 4) is 0 Å². The second-order valence-corrected chi connectivity index (χ2v) is 7.73. The summed E-state index contributed by atoms with van der Waals surface area (Å²) in [6.45, 7) is 0. The standard InChI is InChI=1S/C12H10F9NO5S/c13-9(14,11(17,18)19)10(15,16)12(20,21)28(25,26)27-22-7(23)5-3-1-2-4-6(5)8(22)24/h5-6H,1-4H2. The van der Waals surface area contributed by atoms with Crippen molar-refractivity contribution in [2.45, 2.75) is 49.0 Å². The fourth-order valence-electron chi connectivity index (χ4n) is 2.87. The molecule has 2 unspecified atom stereocenters. The molecule has 0 radical (unpaired) electrons. The maximum absolute atomic E-state index is 13.6. The highest BCUT2D eigenvalue weighted by atomic mass is 32.2. The second-order valence-electron chi connectivity index (χ2n) is 6.16. The number of alkyl halides is 9. The molecule has 1 heterocycles. The van der Waals surface area contributed by atoms with Gasteiger partial charge in [0.2, 0.25) is 0 Å². The average molecular weight is 451 g/mol. The van der Waals surface area contributed by atoms with Crippen LogP contribution in [0.25, 0.3) is 0 Å². The van der Waals surface area contributed by atoms with Crippen LogP contribution < -0.4 is 0 Å². The Morgan fingerprint density at radius 3 is 1.54 bits per heavy atom. The zero-order chi connectivity index (χ0) is 21.9. The molecule has 2 amide bonds. The summed E-state index contributed by atoms with van der Waals surface area (Å²) in [5.41, 5.74) is 0. The molecule has 1 aliphatic carbocycles. The number of hydrogen-bond acceptors (Lipinski definition) is 5. The van der Waals surface area contributed by atoms with Crippen molar-refractivity contribution >= 4 is 21.9 Å². The number of carbonyl (C=O) groups excluding carboxylic acids is 2. The number of halogens is 9. The van der Waals surface area contributed by atoms with Crippen LogP contribution in [0.4, 0.5) is 39.5 Å². The van der Waals surface area contributed by atoms with E-state index in [1.165, 1.54) is 0 Å². The average Bonchev–Trinajstić information content (AvgIpc) is 2.78. The van der Waals surface area contributed by atoms with E-state index in [1.54, 1.807) is 0 Å². The molecule has 2 aliphatic rings. The van der Waals surface area contributed by atoms with Gasteiger partial charge >= 0.3 is 33.4 Å². The van der Waals surface area contributed by atoms with Crippen LogP contribution in [0.15, 0.2) is 0 Å². The first-order valence-corrected chi connectivity index (χ1v) is 8.83. The number of hydroxylamine groups is 2. The van der Waals surface area contributed by atoms with Gasteiger partial charge in [-0.25, -0.2) is 0 Å². The van der Waals surface area contributed by atoms with Crippen LogP contribution in [-0.2, 0) is 24.0 Å². The van der Waals surface area contributed by atoms with E-state index in [9.17, 15) is 57.5 Å². The Balaban J connectivity index is 2.38. The number of rotatable bonds is 5. The Hall–Kier alpha value is -1.58. The molecule has 16 heteroatoms. The molecule has 28 heavy (non-hydrogen) atoms. The van der Waals surface area contributed by atoms with E-state index in [4.69, 9.17) is 0 Å². The minimum absolute atomic E-state index is 0.00778. The molecule has 1 aliphatic heterocycles. The van der Waals surface area contributed by atoms with E-state index in [0.717, 1.165) is 0 Å². The lowest BCUT2D eigenvalue weighted by Gasteiger charge is -2.32. The summed E-state index contributed by atoms with van der Waals surface area (Å²) in [6.07, 6.45) is -6.47. The minimum Gasteiger partial charge on any atom is -0.272 e. The van der Waals surface area contributed by atoms with Crippen molar-refractivity contribution in [1.82, 2.24) is 5.06 Å². The summed E-state index contributed by atoms with van der Waals surface area (Å²) < 4.78 is 142. The monoisotopic (exact) mass is 451 g/mol. The van der Waals surface area contributed by atoms with Crippen LogP contribution in [0.5, 0.6) is 0 Å². The van der Waals surface area contributed by atoms with Crippen molar-refractivity contribution in [3.05, 3.63) is 0 Å². The van der Waals surface area contributed by atoms with E-state index < -0.39 is 62.1 Å². The third-order valence-electron chi connectivity index (χ3n) is 4.40. The molecular formula is C12H10F9NO5S. The fourth-order valence-corrected chi connectivity index (χ4v) is 3.75. The second kappa shape index (κ2) is 6.47. The third-order valence-corrected chi connectivity index (χ3v) is 5.63. The summed E-state index contributed by atoms with van der Waals surface area (Å²) in [5.74, 6) is -20.4. The topological polar surface area (TPSA) is 80.8 Å².